The van der Waals surface area contributed by atoms with Crippen molar-refractivity contribution in [2.24, 2.45) is 0 Å². The summed E-state index contributed by atoms with van der Waals surface area (Å²) >= 11 is 0. The molecule has 0 unspecified atom stereocenters. The van der Waals surface area contributed by atoms with E-state index in [1.54, 1.807) is 6.20 Å². The summed E-state index contributed by atoms with van der Waals surface area (Å²) in [7, 11) is 0. The molecule has 1 aliphatic rings. The average molecular weight is 780 g/mol. The number of nitrogens with zero attached hydrogens (tertiary/aromatic N) is 4. The molecule has 1 aliphatic heterocycles. The van der Waals surface area contributed by atoms with Crippen molar-refractivity contribution < 1.29 is 20.1 Å². The molecule has 47 heavy (non-hydrogen) atoms. The largest absolute Gasteiger partial charge is 3.00 e. The number of fused-ring (bicyclic) bond motifs is 7. The van der Waals surface area contributed by atoms with Gasteiger partial charge in [-0.1, -0.05) is 89.9 Å². The van der Waals surface area contributed by atoms with E-state index in [-0.39, 0.29) is 20.1 Å². The molecule has 224 valence electrons. The standard InChI is InChI=1S/C31H19N3.C11H8N.Ir/c1-2-9-21(10-3-1)32-20-33(30-16-7-6-15-29(30)32)22-17-18-28-26(19-22)25-13-8-12-24-23-11-4-5-14-27(23)34(28)31(24)25;1-2-6-10(7-3-1)11-8-4-5-9-12-11;/h1-18,20H;1-6,8-9H;/q-2;-1;+3. The van der Waals surface area contributed by atoms with E-state index in [0.29, 0.717) is 0 Å². The van der Waals surface area contributed by atoms with Crippen LogP contribution in [0.3, 0.4) is 0 Å². The third kappa shape index (κ3) is 4.83. The number of rotatable bonds is 3. The van der Waals surface area contributed by atoms with Crippen molar-refractivity contribution in [1.29, 1.82) is 0 Å². The summed E-state index contributed by atoms with van der Waals surface area (Å²) in [6.07, 6.45) is 1.79. The smallest absolute Gasteiger partial charge is 0.488 e. The summed E-state index contributed by atoms with van der Waals surface area (Å²) in [5, 5.41) is 5.01. The van der Waals surface area contributed by atoms with Gasteiger partial charge >= 0.3 is 20.1 Å². The maximum atomic E-state index is 4.22. The van der Waals surface area contributed by atoms with Crippen LogP contribution in [0.15, 0.2) is 158 Å². The molecular weight excluding hydrogens is 753 g/mol. The SMILES string of the molecule is [Ir+3].[c-]1c(N2[CH-]N(c3ccccc3)c3ccccc32)ccc2c1c1cccc3c4ccccc4n2c13.[c-]1ccccc1-c1ccccn1. The van der Waals surface area contributed by atoms with Gasteiger partial charge in [0.2, 0.25) is 0 Å². The summed E-state index contributed by atoms with van der Waals surface area (Å²) in [4.78, 5) is 8.71. The zero-order chi connectivity index (χ0) is 30.5. The molecule has 0 fully saturated rings. The van der Waals surface area contributed by atoms with E-state index in [0.717, 1.165) is 33.7 Å². The zero-order valence-electron chi connectivity index (χ0n) is 25.2. The first kappa shape index (κ1) is 29.0. The van der Waals surface area contributed by atoms with Gasteiger partial charge in [0.1, 0.15) is 0 Å². The first-order chi connectivity index (χ1) is 22.8. The van der Waals surface area contributed by atoms with E-state index >= 15 is 0 Å². The first-order valence-corrected chi connectivity index (χ1v) is 15.4. The van der Waals surface area contributed by atoms with E-state index in [1.807, 2.05) is 42.5 Å². The molecule has 4 heterocycles. The normalized spacial score (nSPS) is 12.3. The van der Waals surface area contributed by atoms with Crippen molar-refractivity contribution in [1.82, 2.24) is 9.38 Å². The van der Waals surface area contributed by atoms with Gasteiger partial charge in [0.15, 0.2) is 0 Å². The van der Waals surface area contributed by atoms with Gasteiger partial charge in [-0.25, -0.2) is 0 Å². The minimum Gasteiger partial charge on any atom is -0.488 e. The van der Waals surface area contributed by atoms with Crippen molar-refractivity contribution in [3.05, 3.63) is 177 Å². The van der Waals surface area contributed by atoms with E-state index in [2.05, 4.69) is 147 Å². The fraction of sp³-hybridized carbons (Fsp3) is 0. The van der Waals surface area contributed by atoms with Crippen molar-refractivity contribution in [2.75, 3.05) is 9.80 Å². The Hall–Kier alpha value is -5.48. The Balaban J connectivity index is 0.000000212. The molecular formula is C42H27IrN4. The van der Waals surface area contributed by atoms with E-state index < -0.39 is 0 Å². The van der Waals surface area contributed by atoms with Crippen LogP contribution in [0.4, 0.5) is 22.7 Å². The Morgan fingerprint density at radius 3 is 2.09 bits per heavy atom. The van der Waals surface area contributed by atoms with Crippen molar-refractivity contribution in [2.45, 2.75) is 0 Å². The van der Waals surface area contributed by atoms with Gasteiger partial charge in [-0.15, -0.1) is 66.1 Å². The molecule has 0 spiro atoms. The van der Waals surface area contributed by atoms with Crippen LogP contribution in [0.1, 0.15) is 0 Å². The minimum absolute atomic E-state index is 0. The second-order valence-corrected chi connectivity index (χ2v) is 11.3. The van der Waals surface area contributed by atoms with Crippen LogP contribution in [0.25, 0.3) is 49.4 Å². The van der Waals surface area contributed by atoms with Crippen LogP contribution in [0.5, 0.6) is 0 Å². The van der Waals surface area contributed by atoms with Gasteiger partial charge in [0.05, 0.1) is 0 Å². The Morgan fingerprint density at radius 2 is 1.28 bits per heavy atom. The van der Waals surface area contributed by atoms with Gasteiger partial charge in [-0.05, 0) is 53.0 Å². The van der Waals surface area contributed by atoms with Gasteiger partial charge < -0.3 is 19.2 Å². The second kappa shape index (κ2) is 12.0. The number of hydrogen-bond acceptors (Lipinski definition) is 3. The number of pyridine rings is 1. The molecule has 0 aliphatic carbocycles. The molecule has 5 heteroatoms. The van der Waals surface area contributed by atoms with E-state index in [9.17, 15) is 0 Å². The van der Waals surface area contributed by atoms with Crippen LogP contribution < -0.4 is 9.80 Å². The van der Waals surface area contributed by atoms with Gasteiger partial charge in [-0.3, -0.25) is 0 Å². The maximum absolute atomic E-state index is 4.22. The Bertz CT molecular complexity index is 2420. The molecule has 0 N–H and O–H groups in total. The van der Waals surface area contributed by atoms with E-state index in [1.165, 1.54) is 38.4 Å². The van der Waals surface area contributed by atoms with Crippen molar-refractivity contribution in [3.63, 3.8) is 0 Å². The predicted octanol–water partition coefficient (Wildman–Crippen LogP) is 10.6. The molecule has 0 radical (unpaired) electrons. The summed E-state index contributed by atoms with van der Waals surface area (Å²) in [5.41, 5.74) is 10.2. The fourth-order valence-corrected chi connectivity index (χ4v) is 6.65. The number of anilines is 4. The summed E-state index contributed by atoms with van der Waals surface area (Å²) in [6.45, 7) is 2.17. The molecule has 3 aromatic heterocycles. The molecule has 6 aromatic carbocycles. The predicted molar refractivity (Wildman–Crippen MR) is 190 cm³/mol. The Kier molecular flexibility index (Phi) is 7.41. The molecule has 0 bridgehead atoms. The van der Waals surface area contributed by atoms with E-state index in [4.69, 9.17) is 0 Å². The van der Waals surface area contributed by atoms with Crippen LogP contribution in [-0.2, 0) is 20.1 Å². The number of hydrogen-bond donors (Lipinski definition) is 0. The summed E-state index contributed by atoms with van der Waals surface area (Å²) in [5.74, 6) is 0. The molecule has 0 amide bonds. The summed E-state index contributed by atoms with van der Waals surface area (Å²) < 4.78 is 2.40. The molecule has 0 atom stereocenters. The van der Waals surface area contributed by atoms with Gasteiger partial charge in [-0.2, -0.15) is 0 Å². The van der Waals surface area contributed by atoms with Crippen molar-refractivity contribution >= 4 is 60.8 Å². The van der Waals surface area contributed by atoms with Crippen LogP contribution in [0.2, 0.25) is 0 Å². The van der Waals surface area contributed by atoms with Crippen molar-refractivity contribution in [3.8, 4) is 11.3 Å². The molecule has 10 rings (SSSR count). The zero-order valence-corrected chi connectivity index (χ0v) is 27.6. The Labute approximate surface area is 286 Å². The molecule has 0 saturated heterocycles. The summed E-state index contributed by atoms with van der Waals surface area (Å²) in [6, 6.07) is 59.4. The molecule has 4 nitrogen and oxygen atoms in total. The van der Waals surface area contributed by atoms with Gasteiger partial charge in [0, 0.05) is 39.7 Å². The monoisotopic (exact) mass is 780 g/mol. The Morgan fingerprint density at radius 1 is 0.553 bits per heavy atom. The molecule has 9 aromatic rings. The minimum atomic E-state index is 0. The topological polar surface area (TPSA) is 23.8 Å². The number of aromatic nitrogens is 2. The quantitative estimate of drug-likeness (QED) is 0.167. The van der Waals surface area contributed by atoms with Crippen LogP contribution >= 0.6 is 0 Å². The first-order valence-electron chi connectivity index (χ1n) is 15.4. The number of benzene rings is 6. The van der Waals surface area contributed by atoms with Crippen LogP contribution in [0, 0.1) is 18.8 Å². The second-order valence-electron chi connectivity index (χ2n) is 11.3. The maximum Gasteiger partial charge on any atom is 3.00 e. The van der Waals surface area contributed by atoms with Gasteiger partial charge in [0.25, 0.3) is 0 Å². The fourth-order valence-electron chi connectivity index (χ4n) is 6.65. The average Bonchev–Trinajstić information content (AvgIpc) is 3.80. The molecule has 0 saturated carbocycles. The van der Waals surface area contributed by atoms with Crippen LogP contribution in [-0.4, -0.2) is 9.38 Å². The third-order valence-electron chi connectivity index (χ3n) is 8.69. The number of para-hydroxylation sites is 5. The third-order valence-corrected chi connectivity index (χ3v) is 8.69.